The molecule has 1 aliphatic carbocycles. The number of anilines is 1. The predicted molar refractivity (Wildman–Crippen MR) is 133 cm³/mol. The number of amides is 1. The number of hydrogen-bond acceptors (Lipinski definition) is 6. The number of rotatable bonds is 3. The molecule has 0 N–H and O–H groups in total. The van der Waals surface area contributed by atoms with Crippen LogP contribution in [-0.2, 0) is 17.6 Å². The molecule has 0 aromatic carbocycles. The predicted octanol–water partition coefficient (Wildman–Crippen LogP) is 4.86. The van der Waals surface area contributed by atoms with Gasteiger partial charge in [0.05, 0.1) is 5.39 Å². The van der Waals surface area contributed by atoms with Crippen molar-refractivity contribution in [1.29, 1.82) is 0 Å². The highest BCUT2D eigenvalue weighted by atomic mass is 32.1. The van der Waals surface area contributed by atoms with Gasteiger partial charge in [-0.05, 0) is 62.6 Å². The van der Waals surface area contributed by atoms with Crippen LogP contribution in [0, 0.1) is 5.92 Å². The average Bonchev–Trinajstić information content (AvgIpc) is 3.34. The Labute approximate surface area is 199 Å². The van der Waals surface area contributed by atoms with Gasteiger partial charge >= 0.3 is 0 Å². The molecule has 1 amide bonds. The molecule has 0 atom stereocenters. The zero-order valence-corrected chi connectivity index (χ0v) is 19.9. The fraction of sp³-hybridized carbons (Fsp3) is 0.538. The van der Waals surface area contributed by atoms with Crippen molar-refractivity contribution < 1.29 is 4.79 Å². The molecule has 6 rings (SSSR count). The van der Waals surface area contributed by atoms with Crippen molar-refractivity contribution in [3.63, 3.8) is 0 Å². The molecule has 33 heavy (non-hydrogen) atoms. The number of nitrogens with zero attached hydrogens (tertiary/aromatic N) is 5. The van der Waals surface area contributed by atoms with Crippen LogP contribution in [0.4, 0.5) is 5.82 Å². The first kappa shape index (κ1) is 21.0. The lowest BCUT2D eigenvalue weighted by atomic mass is 9.94. The molecule has 2 aliphatic heterocycles. The van der Waals surface area contributed by atoms with Gasteiger partial charge in [-0.3, -0.25) is 9.78 Å². The van der Waals surface area contributed by atoms with Crippen molar-refractivity contribution in [3.8, 4) is 11.4 Å². The third-order valence-electron chi connectivity index (χ3n) is 7.53. The summed E-state index contributed by atoms with van der Waals surface area (Å²) in [6, 6.07) is 3.97. The SMILES string of the molecule is O=C(C1CCN(c2nc(-c3cccnc3)nc3sc4c(c23)CCC4)CC1)N1CCCCCC1. The highest BCUT2D eigenvalue weighted by Gasteiger charge is 2.31. The minimum atomic E-state index is 0.155. The smallest absolute Gasteiger partial charge is 0.225 e. The van der Waals surface area contributed by atoms with Crippen LogP contribution >= 0.6 is 11.3 Å². The van der Waals surface area contributed by atoms with Gasteiger partial charge in [-0.1, -0.05) is 12.8 Å². The molecule has 0 spiro atoms. The molecule has 0 unspecified atom stereocenters. The number of likely N-dealkylation sites (tertiary alicyclic amines) is 1. The van der Waals surface area contributed by atoms with Crippen LogP contribution in [0.3, 0.4) is 0 Å². The van der Waals surface area contributed by atoms with Gasteiger partial charge in [-0.2, -0.15) is 0 Å². The number of carbonyl (C=O) groups excluding carboxylic acids is 1. The second-order valence-corrected chi connectivity index (χ2v) is 10.7. The molecule has 0 bridgehead atoms. The summed E-state index contributed by atoms with van der Waals surface area (Å²) in [5, 5.41) is 1.26. The summed E-state index contributed by atoms with van der Waals surface area (Å²) in [5.41, 5.74) is 2.42. The number of aromatic nitrogens is 3. The number of carbonyl (C=O) groups is 1. The van der Waals surface area contributed by atoms with Gasteiger partial charge < -0.3 is 9.80 Å². The minimum absolute atomic E-state index is 0.155. The van der Waals surface area contributed by atoms with Crippen LogP contribution in [0.25, 0.3) is 21.6 Å². The minimum Gasteiger partial charge on any atom is -0.356 e. The van der Waals surface area contributed by atoms with Crippen molar-refractivity contribution >= 4 is 33.3 Å². The summed E-state index contributed by atoms with van der Waals surface area (Å²) in [6.07, 6.45) is 13.8. The first-order valence-corrected chi connectivity index (χ1v) is 13.4. The summed E-state index contributed by atoms with van der Waals surface area (Å²) in [4.78, 5) is 34.7. The van der Waals surface area contributed by atoms with Gasteiger partial charge in [0.15, 0.2) is 5.82 Å². The maximum Gasteiger partial charge on any atom is 0.225 e. The van der Waals surface area contributed by atoms with Gasteiger partial charge in [0.2, 0.25) is 5.91 Å². The Morgan fingerprint density at radius 3 is 2.55 bits per heavy atom. The van der Waals surface area contributed by atoms with Crippen molar-refractivity contribution in [2.75, 3.05) is 31.1 Å². The van der Waals surface area contributed by atoms with E-state index in [1.54, 1.807) is 6.20 Å². The largest absolute Gasteiger partial charge is 0.356 e. The number of hydrogen-bond donors (Lipinski definition) is 0. The Morgan fingerprint density at radius 1 is 0.970 bits per heavy atom. The van der Waals surface area contributed by atoms with E-state index < -0.39 is 0 Å². The molecule has 0 saturated carbocycles. The van der Waals surface area contributed by atoms with E-state index in [1.807, 2.05) is 29.7 Å². The zero-order chi connectivity index (χ0) is 22.2. The fourth-order valence-electron chi connectivity index (χ4n) is 5.72. The monoisotopic (exact) mass is 461 g/mol. The third kappa shape index (κ3) is 4.01. The number of thiophene rings is 1. The topological polar surface area (TPSA) is 62.2 Å². The van der Waals surface area contributed by atoms with E-state index in [1.165, 1.54) is 35.1 Å². The van der Waals surface area contributed by atoms with E-state index in [9.17, 15) is 4.79 Å². The molecule has 6 nitrogen and oxygen atoms in total. The average molecular weight is 462 g/mol. The van der Waals surface area contributed by atoms with Crippen LogP contribution < -0.4 is 4.90 Å². The van der Waals surface area contributed by atoms with Gasteiger partial charge in [-0.15, -0.1) is 11.3 Å². The Morgan fingerprint density at radius 2 is 1.79 bits per heavy atom. The molecule has 3 aromatic heterocycles. The second-order valence-electron chi connectivity index (χ2n) is 9.65. The maximum absolute atomic E-state index is 13.2. The molecule has 7 heteroatoms. The molecule has 2 saturated heterocycles. The van der Waals surface area contributed by atoms with E-state index in [-0.39, 0.29) is 5.92 Å². The zero-order valence-electron chi connectivity index (χ0n) is 19.1. The Kier molecular flexibility index (Phi) is 5.74. The van der Waals surface area contributed by atoms with Gasteiger partial charge in [0.1, 0.15) is 10.6 Å². The molecule has 3 aromatic rings. The number of aryl methyl sites for hydroxylation is 2. The number of fused-ring (bicyclic) bond motifs is 3. The third-order valence-corrected chi connectivity index (χ3v) is 8.71. The van der Waals surface area contributed by atoms with E-state index in [4.69, 9.17) is 9.97 Å². The molecular formula is C26H31N5OS. The molecular weight excluding hydrogens is 430 g/mol. The Balaban J connectivity index is 1.28. The summed E-state index contributed by atoms with van der Waals surface area (Å²) in [6.45, 7) is 3.66. The van der Waals surface area contributed by atoms with Gasteiger partial charge in [-0.25, -0.2) is 9.97 Å². The molecule has 5 heterocycles. The second kappa shape index (κ2) is 9.01. The van der Waals surface area contributed by atoms with E-state index in [2.05, 4.69) is 14.8 Å². The van der Waals surface area contributed by atoms with Crippen molar-refractivity contribution in [2.45, 2.75) is 57.8 Å². The number of piperidine rings is 1. The summed E-state index contributed by atoms with van der Waals surface area (Å²) < 4.78 is 0. The van der Waals surface area contributed by atoms with Gasteiger partial charge in [0.25, 0.3) is 0 Å². The normalized spacial score (nSPS) is 19.6. The van der Waals surface area contributed by atoms with Crippen LogP contribution in [0.15, 0.2) is 24.5 Å². The Hall–Kier alpha value is -2.54. The lowest BCUT2D eigenvalue weighted by molar-refractivity contribution is -0.136. The van der Waals surface area contributed by atoms with E-state index in [0.29, 0.717) is 5.91 Å². The van der Waals surface area contributed by atoms with Crippen LogP contribution in [-0.4, -0.2) is 51.9 Å². The van der Waals surface area contributed by atoms with E-state index in [0.717, 1.165) is 86.7 Å². The lowest BCUT2D eigenvalue weighted by Gasteiger charge is -2.35. The van der Waals surface area contributed by atoms with E-state index >= 15 is 0 Å². The highest BCUT2D eigenvalue weighted by molar-refractivity contribution is 7.19. The van der Waals surface area contributed by atoms with Crippen molar-refractivity contribution in [3.05, 3.63) is 35.0 Å². The fourth-order valence-corrected chi connectivity index (χ4v) is 6.97. The Bertz CT molecular complexity index is 1140. The highest BCUT2D eigenvalue weighted by Crippen LogP contribution is 2.42. The summed E-state index contributed by atoms with van der Waals surface area (Å²) in [7, 11) is 0. The molecule has 172 valence electrons. The lowest BCUT2D eigenvalue weighted by Crippen LogP contribution is -2.43. The first-order chi connectivity index (χ1) is 16.3. The van der Waals surface area contributed by atoms with Gasteiger partial charge in [0, 0.05) is 54.9 Å². The van der Waals surface area contributed by atoms with Crippen LogP contribution in [0.1, 0.15) is 55.4 Å². The quantitative estimate of drug-likeness (QED) is 0.557. The molecule has 3 aliphatic rings. The molecule has 0 radical (unpaired) electrons. The van der Waals surface area contributed by atoms with Crippen LogP contribution in [0.2, 0.25) is 0 Å². The van der Waals surface area contributed by atoms with Crippen molar-refractivity contribution in [2.24, 2.45) is 5.92 Å². The van der Waals surface area contributed by atoms with Crippen molar-refractivity contribution in [1.82, 2.24) is 19.9 Å². The first-order valence-electron chi connectivity index (χ1n) is 12.5. The summed E-state index contributed by atoms with van der Waals surface area (Å²) >= 11 is 1.84. The number of pyridine rings is 1. The maximum atomic E-state index is 13.2. The standard InChI is InChI=1S/C26H31N5OS/c32-26(31-13-3-1-2-4-14-31)18-10-15-30(16-11-18)24-22-20-8-5-9-21(20)33-25(22)29-23(28-24)19-7-6-12-27-17-19/h6-7,12,17-18H,1-5,8-11,13-16H2. The molecule has 2 fully saturated rings. The summed E-state index contributed by atoms with van der Waals surface area (Å²) in [5.74, 6) is 2.37. The van der Waals surface area contributed by atoms with Crippen LogP contribution in [0.5, 0.6) is 0 Å².